The molecule has 0 aliphatic rings. The Kier molecular flexibility index (Phi) is 7.02. The van der Waals surface area contributed by atoms with E-state index < -0.39 is 5.56 Å². The molecule has 1 amide bonds. The maximum absolute atomic E-state index is 12.1. The molecule has 0 aliphatic heterocycles. The van der Waals surface area contributed by atoms with Crippen molar-refractivity contribution in [2.75, 3.05) is 19.7 Å². The molecule has 0 spiro atoms. The third-order valence-corrected chi connectivity index (χ3v) is 2.92. The molecule has 0 radical (unpaired) electrons. The molecule has 1 aromatic heterocycles. The van der Waals surface area contributed by atoms with Crippen LogP contribution >= 0.6 is 0 Å². The Bertz CT molecular complexity index is 554. The lowest BCUT2D eigenvalue weighted by Crippen LogP contribution is -2.36. The molecule has 0 aromatic carbocycles. The Morgan fingerprint density at radius 1 is 1.38 bits per heavy atom. The van der Waals surface area contributed by atoms with E-state index in [0.717, 1.165) is 12.8 Å². The van der Waals surface area contributed by atoms with E-state index in [9.17, 15) is 9.59 Å². The minimum absolute atomic E-state index is 0.0399. The molecule has 6 heteroatoms. The third kappa shape index (κ3) is 4.95. The van der Waals surface area contributed by atoms with Crippen LogP contribution in [0, 0.1) is 11.3 Å². The van der Waals surface area contributed by atoms with Gasteiger partial charge >= 0.3 is 0 Å². The van der Waals surface area contributed by atoms with Crippen molar-refractivity contribution in [1.29, 1.82) is 5.26 Å². The zero-order valence-electron chi connectivity index (χ0n) is 12.5. The summed E-state index contributed by atoms with van der Waals surface area (Å²) in [7, 11) is 0. The largest absolute Gasteiger partial charge is 0.478 e. The number of aromatic nitrogens is 1. The maximum atomic E-state index is 12.1. The van der Waals surface area contributed by atoms with E-state index >= 15 is 0 Å². The number of hydrogen-bond acceptors (Lipinski definition) is 4. The van der Waals surface area contributed by atoms with Crippen LogP contribution in [-0.2, 0) is 11.3 Å². The minimum Gasteiger partial charge on any atom is -0.478 e. The van der Waals surface area contributed by atoms with E-state index in [2.05, 4.69) is 0 Å². The van der Waals surface area contributed by atoms with Gasteiger partial charge in [-0.05, 0) is 25.0 Å². The Hall–Kier alpha value is -2.29. The van der Waals surface area contributed by atoms with Gasteiger partial charge in [-0.15, -0.1) is 0 Å². The Morgan fingerprint density at radius 3 is 2.62 bits per heavy atom. The van der Waals surface area contributed by atoms with E-state index in [1.165, 1.54) is 16.8 Å². The molecule has 1 rings (SSSR count). The van der Waals surface area contributed by atoms with Crippen molar-refractivity contribution < 1.29 is 9.53 Å². The lowest BCUT2D eigenvalue weighted by atomic mass is 10.3. The number of carbonyl (C=O) groups is 1. The fraction of sp³-hybridized carbons (Fsp3) is 0.533. The number of amides is 1. The fourth-order valence-electron chi connectivity index (χ4n) is 1.96. The molecular formula is C15H21N3O3. The number of hydrogen-bond donors (Lipinski definition) is 0. The van der Waals surface area contributed by atoms with Crippen LogP contribution in [0.15, 0.2) is 23.1 Å². The fourth-order valence-corrected chi connectivity index (χ4v) is 1.96. The highest BCUT2D eigenvalue weighted by Crippen LogP contribution is 2.03. The standard InChI is InChI=1S/C15H21N3O3/c1-3-8-17(9-4-2)14(19)12-21-13-6-5-10-18(11-7-16)15(13)20/h5-6,10H,3-4,8-9,11-12H2,1-2H3. The van der Waals surface area contributed by atoms with Crippen molar-refractivity contribution in [3.05, 3.63) is 28.7 Å². The first-order valence-electron chi connectivity index (χ1n) is 7.11. The number of ether oxygens (including phenoxy) is 1. The van der Waals surface area contributed by atoms with Gasteiger partial charge in [0.2, 0.25) is 0 Å². The van der Waals surface area contributed by atoms with E-state index in [1.807, 2.05) is 19.9 Å². The van der Waals surface area contributed by atoms with Gasteiger partial charge in [-0.1, -0.05) is 13.8 Å². The molecule has 0 N–H and O–H groups in total. The predicted octanol–water partition coefficient (Wildman–Crippen LogP) is 1.40. The van der Waals surface area contributed by atoms with Gasteiger partial charge in [0.05, 0.1) is 6.07 Å². The van der Waals surface area contributed by atoms with E-state index in [0.29, 0.717) is 13.1 Å². The molecule has 114 valence electrons. The molecule has 0 aliphatic carbocycles. The van der Waals surface area contributed by atoms with Gasteiger partial charge in [0.25, 0.3) is 11.5 Å². The summed E-state index contributed by atoms with van der Waals surface area (Å²) in [5, 5.41) is 8.63. The summed E-state index contributed by atoms with van der Waals surface area (Å²) < 4.78 is 6.57. The summed E-state index contributed by atoms with van der Waals surface area (Å²) in [6, 6.07) is 5.03. The Balaban J connectivity index is 2.70. The Morgan fingerprint density at radius 2 is 2.05 bits per heavy atom. The van der Waals surface area contributed by atoms with E-state index in [-0.39, 0.29) is 24.8 Å². The van der Waals surface area contributed by atoms with Gasteiger partial charge < -0.3 is 9.64 Å². The van der Waals surface area contributed by atoms with Crippen LogP contribution in [0.4, 0.5) is 0 Å². The molecule has 21 heavy (non-hydrogen) atoms. The van der Waals surface area contributed by atoms with E-state index in [4.69, 9.17) is 10.00 Å². The first-order chi connectivity index (χ1) is 10.1. The molecule has 6 nitrogen and oxygen atoms in total. The Labute approximate surface area is 124 Å². The number of pyridine rings is 1. The number of rotatable bonds is 8. The summed E-state index contributed by atoms with van der Waals surface area (Å²) in [4.78, 5) is 25.7. The van der Waals surface area contributed by atoms with Crippen LogP contribution < -0.4 is 10.3 Å². The first-order valence-corrected chi connectivity index (χ1v) is 7.11. The second-order valence-corrected chi connectivity index (χ2v) is 4.63. The topological polar surface area (TPSA) is 75.3 Å². The van der Waals surface area contributed by atoms with Crippen LogP contribution in [0.5, 0.6) is 5.75 Å². The highest BCUT2D eigenvalue weighted by atomic mass is 16.5. The van der Waals surface area contributed by atoms with Crippen LogP contribution in [0.1, 0.15) is 26.7 Å². The molecular weight excluding hydrogens is 270 g/mol. The molecule has 0 bridgehead atoms. The second-order valence-electron chi connectivity index (χ2n) is 4.63. The molecule has 1 aromatic rings. The van der Waals surface area contributed by atoms with Crippen LogP contribution in [0.3, 0.4) is 0 Å². The van der Waals surface area contributed by atoms with Gasteiger partial charge in [-0.2, -0.15) is 5.26 Å². The normalized spacial score (nSPS) is 9.95. The average Bonchev–Trinajstić information content (AvgIpc) is 2.48. The van der Waals surface area contributed by atoms with Gasteiger partial charge in [-0.3, -0.25) is 14.2 Å². The molecule has 0 unspecified atom stereocenters. The molecule has 0 atom stereocenters. The van der Waals surface area contributed by atoms with Crippen molar-refractivity contribution >= 4 is 5.91 Å². The van der Waals surface area contributed by atoms with Crippen LogP contribution in [0.2, 0.25) is 0 Å². The molecule has 1 heterocycles. The lowest BCUT2D eigenvalue weighted by molar-refractivity contribution is -0.133. The van der Waals surface area contributed by atoms with Crippen molar-refractivity contribution in [2.24, 2.45) is 0 Å². The second kappa shape index (κ2) is 8.80. The van der Waals surface area contributed by atoms with Crippen molar-refractivity contribution in [2.45, 2.75) is 33.2 Å². The lowest BCUT2D eigenvalue weighted by Gasteiger charge is -2.21. The quantitative estimate of drug-likeness (QED) is 0.725. The zero-order chi connectivity index (χ0) is 15.7. The smallest absolute Gasteiger partial charge is 0.293 e. The number of nitrogens with zero attached hydrogens (tertiary/aromatic N) is 3. The predicted molar refractivity (Wildman–Crippen MR) is 79.0 cm³/mol. The average molecular weight is 291 g/mol. The summed E-state index contributed by atoms with van der Waals surface area (Å²) >= 11 is 0. The highest BCUT2D eigenvalue weighted by molar-refractivity contribution is 5.77. The molecule has 0 fully saturated rings. The van der Waals surface area contributed by atoms with Crippen LogP contribution in [-0.4, -0.2) is 35.1 Å². The van der Waals surface area contributed by atoms with Gasteiger partial charge in [0, 0.05) is 19.3 Å². The zero-order valence-corrected chi connectivity index (χ0v) is 12.5. The van der Waals surface area contributed by atoms with Crippen molar-refractivity contribution in [3.8, 4) is 11.8 Å². The SMILES string of the molecule is CCCN(CCC)C(=O)COc1cccn(CC#N)c1=O. The summed E-state index contributed by atoms with van der Waals surface area (Å²) in [6.07, 6.45) is 3.28. The van der Waals surface area contributed by atoms with Crippen molar-refractivity contribution in [3.63, 3.8) is 0 Å². The van der Waals surface area contributed by atoms with Crippen molar-refractivity contribution in [1.82, 2.24) is 9.47 Å². The van der Waals surface area contributed by atoms with Gasteiger partial charge in [0.1, 0.15) is 6.54 Å². The maximum Gasteiger partial charge on any atom is 0.293 e. The van der Waals surface area contributed by atoms with Gasteiger partial charge in [0.15, 0.2) is 12.4 Å². The van der Waals surface area contributed by atoms with Gasteiger partial charge in [-0.25, -0.2) is 0 Å². The summed E-state index contributed by atoms with van der Waals surface area (Å²) in [5.41, 5.74) is -0.399. The third-order valence-electron chi connectivity index (χ3n) is 2.92. The number of carbonyl (C=O) groups excluding carboxylic acids is 1. The highest BCUT2D eigenvalue weighted by Gasteiger charge is 2.13. The van der Waals surface area contributed by atoms with Crippen LogP contribution in [0.25, 0.3) is 0 Å². The van der Waals surface area contributed by atoms with E-state index in [1.54, 1.807) is 11.0 Å². The molecule has 0 saturated carbocycles. The number of nitriles is 1. The monoisotopic (exact) mass is 291 g/mol. The first kappa shape index (κ1) is 16.8. The summed E-state index contributed by atoms with van der Waals surface area (Å²) in [5.74, 6) is -0.0390. The molecule has 0 saturated heterocycles. The minimum atomic E-state index is -0.399. The summed E-state index contributed by atoms with van der Waals surface area (Å²) in [6.45, 7) is 5.18.